The summed E-state index contributed by atoms with van der Waals surface area (Å²) < 4.78 is 4.81. The number of carbonyl (C=O) groups excluding carboxylic acids is 1. The first kappa shape index (κ1) is 16.7. The molecule has 20 heavy (non-hydrogen) atoms. The largest absolute Gasteiger partial charge is 0.388 e. The Hall–Kier alpha value is -1.40. The Labute approximate surface area is 120 Å². The van der Waals surface area contributed by atoms with E-state index in [1.165, 1.54) is 6.07 Å². The second-order valence-electron chi connectivity index (χ2n) is 5.17. The monoisotopic (exact) mass is 283 g/mol. The summed E-state index contributed by atoms with van der Waals surface area (Å²) in [4.78, 5) is 14.2. The average molecular weight is 283 g/mol. The fourth-order valence-electron chi connectivity index (χ4n) is 1.89. The molecular formula is C14H25N3O3. The van der Waals surface area contributed by atoms with E-state index in [9.17, 15) is 4.79 Å². The van der Waals surface area contributed by atoms with Crippen LogP contribution in [0.4, 0.5) is 0 Å². The molecule has 0 aromatic carbocycles. The molecule has 1 aromatic heterocycles. The van der Waals surface area contributed by atoms with Gasteiger partial charge in [0.05, 0.1) is 0 Å². The third kappa shape index (κ3) is 4.61. The van der Waals surface area contributed by atoms with Crippen LogP contribution in [0.15, 0.2) is 10.6 Å². The first-order valence-electron chi connectivity index (χ1n) is 7.07. The van der Waals surface area contributed by atoms with E-state index in [0.29, 0.717) is 0 Å². The fourth-order valence-corrected chi connectivity index (χ4v) is 1.89. The summed E-state index contributed by atoms with van der Waals surface area (Å²) in [7, 11) is 2.06. The molecule has 0 saturated heterocycles. The zero-order valence-corrected chi connectivity index (χ0v) is 12.7. The third-order valence-corrected chi connectivity index (χ3v) is 3.59. The van der Waals surface area contributed by atoms with E-state index in [2.05, 4.69) is 36.3 Å². The van der Waals surface area contributed by atoms with Gasteiger partial charge in [-0.05, 0) is 33.9 Å². The van der Waals surface area contributed by atoms with E-state index in [0.717, 1.165) is 19.4 Å². The molecule has 0 aliphatic carbocycles. The van der Waals surface area contributed by atoms with E-state index < -0.39 is 0 Å². The van der Waals surface area contributed by atoms with E-state index in [1.807, 2.05) is 6.92 Å². The predicted molar refractivity (Wildman–Crippen MR) is 76.4 cm³/mol. The quantitative estimate of drug-likeness (QED) is 0.754. The van der Waals surface area contributed by atoms with Crippen molar-refractivity contribution in [2.75, 3.05) is 13.6 Å². The summed E-state index contributed by atoms with van der Waals surface area (Å²) in [6.45, 7) is 6.97. The van der Waals surface area contributed by atoms with Gasteiger partial charge in [-0.25, -0.2) is 0 Å². The molecule has 1 aromatic rings. The van der Waals surface area contributed by atoms with Crippen LogP contribution in [0.5, 0.6) is 0 Å². The van der Waals surface area contributed by atoms with Crippen molar-refractivity contribution in [1.29, 1.82) is 0 Å². The SMILES string of the molecule is CCCCN(C)C(C)C(C)NC(=O)c1cc(CO)on1. The zero-order valence-electron chi connectivity index (χ0n) is 12.7. The second-order valence-corrected chi connectivity index (χ2v) is 5.17. The molecule has 0 fully saturated rings. The average Bonchev–Trinajstić information content (AvgIpc) is 2.92. The molecule has 1 amide bonds. The number of nitrogens with one attached hydrogen (secondary N) is 1. The maximum absolute atomic E-state index is 12.0. The topological polar surface area (TPSA) is 78.6 Å². The normalized spacial score (nSPS) is 14.3. The van der Waals surface area contributed by atoms with Gasteiger partial charge < -0.3 is 19.8 Å². The molecule has 0 aliphatic rings. The van der Waals surface area contributed by atoms with Gasteiger partial charge >= 0.3 is 0 Å². The van der Waals surface area contributed by atoms with Crippen molar-refractivity contribution in [2.45, 2.75) is 52.3 Å². The Balaban J connectivity index is 2.51. The minimum absolute atomic E-state index is 0.00127. The molecule has 0 bridgehead atoms. The summed E-state index contributed by atoms with van der Waals surface area (Å²) in [5.41, 5.74) is 0.198. The highest BCUT2D eigenvalue weighted by Gasteiger charge is 2.20. The molecule has 0 aliphatic heterocycles. The van der Waals surface area contributed by atoms with Crippen molar-refractivity contribution < 1.29 is 14.4 Å². The van der Waals surface area contributed by atoms with Gasteiger partial charge in [-0.2, -0.15) is 0 Å². The van der Waals surface area contributed by atoms with Crippen LogP contribution in [-0.2, 0) is 6.61 Å². The number of unbranched alkanes of at least 4 members (excludes halogenated alkanes) is 1. The standard InChI is InChI=1S/C14H25N3O3/c1-5-6-7-17(4)11(3)10(2)15-14(19)13-8-12(9-18)20-16-13/h8,10-11,18H,5-7,9H2,1-4H3,(H,15,19). The van der Waals surface area contributed by atoms with Gasteiger partial charge in [0, 0.05) is 18.2 Å². The minimum atomic E-state index is -0.281. The number of nitrogens with zero attached hydrogens (tertiary/aromatic N) is 2. The first-order chi connectivity index (χ1) is 9.49. The Bertz CT molecular complexity index is 420. The molecule has 1 heterocycles. The van der Waals surface area contributed by atoms with Crippen molar-refractivity contribution in [3.8, 4) is 0 Å². The lowest BCUT2D eigenvalue weighted by molar-refractivity contribution is 0.0903. The Morgan fingerprint density at radius 2 is 2.25 bits per heavy atom. The first-order valence-corrected chi connectivity index (χ1v) is 7.07. The highest BCUT2D eigenvalue weighted by Crippen LogP contribution is 2.07. The van der Waals surface area contributed by atoms with Crippen LogP contribution < -0.4 is 5.32 Å². The molecular weight excluding hydrogens is 258 g/mol. The number of amides is 1. The highest BCUT2D eigenvalue weighted by molar-refractivity contribution is 5.92. The summed E-state index contributed by atoms with van der Waals surface area (Å²) in [6, 6.07) is 1.68. The number of hydrogen-bond acceptors (Lipinski definition) is 5. The van der Waals surface area contributed by atoms with Crippen LogP contribution >= 0.6 is 0 Å². The summed E-state index contributed by atoms with van der Waals surface area (Å²) in [5.74, 6) is 0.00704. The van der Waals surface area contributed by atoms with Crippen LogP contribution in [0.25, 0.3) is 0 Å². The van der Waals surface area contributed by atoms with Gasteiger partial charge in [0.15, 0.2) is 11.5 Å². The molecule has 0 saturated carbocycles. The smallest absolute Gasteiger partial charge is 0.273 e. The summed E-state index contributed by atoms with van der Waals surface area (Å²) >= 11 is 0. The van der Waals surface area contributed by atoms with Crippen molar-refractivity contribution >= 4 is 5.91 Å². The maximum Gasteiger partial charge on any atom is 0.273 e. The lowest BCUT2D eigenvalue weighted by Gasteiger charge is -2.30. The molecule has 1 rings (SSSR count). The minimum Gasteiger partial charge on any atom is -0.388 e. The van der Waals surface area contributed by atoms with E-state index in [4.69, 9.17) is 9.63 Å². The molecule has 0 spiro atoms. The number of aromatic nitrogens is 1. The maximum atomic E-state index is 12.0. The van der Waals surface area contributed by atoms with Gasteiger partial charge in [-0.3, -0.25) is 4.79 Å². The fraction of sp³-hybridized carbons (Fsp3) is 0.714. The molecule has 2 unspecified atom stereocenters. The van der Waals surface area contributed by atoms with Gasteiger partial charge in [-0.1, -0.05) is 18.5 Å². The van der Waals surface area contributed by atoms with E-state index in [1.54, 1.807) is 0 Å². The predicted octanol–water partition coefficient (Wildman–Crippen LogP) is 1.41. The van der Waals surface area contributed by atoms with Crippen molar-refractivity contribution in [3.63, 3.8) is 0 Å². The molecule has 114 valence electrons. The van der Waals surface area contributed by atoms with Crippen LogP contribution in [0.2, 0.25) is 0 Å². The van der Waals surface area contributed by atoms with E-state index in [-0.39, 0.29) is 36.1 Å². The lowest BCUT2D eigenvalue weighted by atomic mass is 10.1. The van der Waals surface area contributed by atoms with E-state index >= 15 is 0 Å². The van der Waals surface area contributed by atoms with Crippen LogP contribution in [0, 0.1) is 0 Å². The second kappa shape index (κ2) is 8.01. The van der Waals surface area contributed by atoms with Gasteiger partial charge in [0.2, 0.25) is 0 Å². The van der Waals surface area contributed by atoms with Crippen LogP contribution in [-0.4, -0.2) is 46.7 Å². The molecule has 6 nitrogen and oxygen atoms in total. The summed E-state index contributed by atoms with van der Waals surface area (Å²) in [5, 5.41) is 15.4. The van der Waals surface area contributed by atoms with Crippen molar-refractivity contribution in [3.05, 3.63) is 17.5 Å². The number of hydrogen-bond donors (Lipinski definition) is 2. The van der Waals surface area contributed by atoms with Crippen LogP contribution in [0.1, 0.15) is 49.9 Å². The summed E-state index contributed by atoms with van der Waals surface area (Å²) in [6.07, 6.45) is 2.30. The Morgan fingerprint density at radius 3 is 2.80 bits per heavy atom. The lowest BCUT2D eigenvalue weighted by Crippen LogP contribution is -2.47. The number of carbonyl (C=O) groups is 1. The Morgan fingerprint density at radius 1 is 1.55 bits per heavy atom. The number of rotatable bonds is 8. The Kier molecular flexibility index (Phi) is 6.67. The number of aliphatic hydroxyl groups is 1. The molecule has 2 atom stereocenters. The third-order valence-electron chi connectivity index (χ3n) is 3.59. The van der Waals surface area contributed by atoms with Crippen LogP contribution in [0.3, 0.4) is 0 Å². The van der Waals surface area contributed by atoms with Gasteiger partial charge in [-0.15, -0.1) is 0 Å². The zero-order chi connectivity index (χ0) is 15.1. The molecule has 2 N–H and O–H groups in total. The van der Waals surface area contributed by atoms with Gasteiger partial charge in [0.1, 0.15) is 6.61 Å². The molecule has 0 radical (unpaired) electrons. The highest BCUT2D eigenvalue weighted by atomic mass is 16.5. The molecule has 6 heteroatoms. The van der Waals surface area contributed by atoms with Gasteiger partial charge in [0.25, 0.3) is 5.91 Å². The number of aliphatic hydroxyl groups excluding tert-OH is 1. The number of likely N-dealkylation sites (N-methyl/N-ethyl adjacent to an activating group) is 1. The van der Waals surface area contributed by atoms with Crippen molar-refractivity contribution in [1.82, 2.24) is 15.4 Å². The van der Waals surface area contributed by atoms with Crippen molar-refractivity contribution in [2.24, 2.45) is 0 Å².